The van der Waals surface area contributed by atoms with Crippen molar-refractivity contribution >= 4 is 44.6 Å². The molecule has 0 saturated carbocycles. The zero-order valence-electron chi connectivity index (χ0n) is 40.9. The summed E-state index contributed by atoms with van der Waals surface area (Å²) in [5, 5.41) is 6.10. The van der Waals surface area contributed by atoms with E-state index >= 15 is 0 Å². The van der Waals surface area contributed by atoms with Gasteiger partial charge >= 0.3 is 0 Å². The van der Waals surface area contributed by atoms with Crippen LogP contribution in [0.3, 0.4) is 0 Å². The zero-order valence-corrected chi connectivity index (χ0v) is 43.2. The number of pyridine rings is 1. The predicted octanol–water partition coefficient (Wildman–Crippen LogP) is 16.9. The Labute approximate surface area is 408 Å². The molecule has 0 saturated heterocycles. The van der Waals surface area contributed by atoms with Gasteiger partial charge in [0, 0.05) is 55.7 Å². The minimum Gasteiger partial charge on any atom is -0.516 e. The van der Waals surface area contributed by atoms with Gasteiger partial charge in [0.05, 0.1) is 5.69 Å². The number of rotatable bonds is 11. The molecule has 0 aliphatic carbocycles. The Kier molecular flexibility index (Phi) is 13.6. The Bertz CT molecular complexity index is 2990. The molecule has 6 aromatic carbocycles. The van der Waals surface area contributed by atoms with Gasteiger partial charge in [0.1, 0.15) is 5.82 Å². The molecule has 2 heterocycles. The number of hydrogen-bond acceptors (Lipinski definition) is 4. The standard InChI is InChI=1S/C60H65N4O.Pt/c1-14-60(12,15-2)44-24-28-52(62-46-33-41(40-20-17-16-18-21-40)32-45(34-46)59(9,10)11)55(36-44)63(13)47-22-19-23-48(38-47)65-49-26-27-50-51-35-42(57(3,4)5)25-29-53(51)64(54(50)39-49)56-37-43(30-31-61-56)58(6,7)8;/h16-37,62H,13-15H2,1-12H3;/q-3;. The van der Waals surface area contributed by atoms with Crippen LogP contribution in [0.25, 0.3) is 38.8 Å². The quantitative estimate of drug-likeness (QED) is 0.131. The summed E-state index contributed by atoms with van der Waals surface area (Å²) in [6.07, 6.45) is 3.95. The molecule has 5 nitrogen and oxygen atoms in total. The fourth-order valence-corrected chi connectivity index (χ4v) is 8.58. The summed E-state index contributed by atoms with van der Waals surface area (Å²) in [5.74, 6) is 2.01. The summed E-state index contributed by atoms with van der Waals surface area (Å²) in [6.45, 7) is 27.2. The van der Waals surface area contributed by atoms with E-state index in [2.05, 4.69) is 215 Å². The van der Waals surface area contributed by atoms with Gasteiger partial charge in [-0.25, -0.2) is 4.98 Å². The van der Waals surface area contributed by atoms with Crippen molar-refractivity contribution in [2.45, 2.75) is 118 Å². The van der Waals surface area contributed by atoms with Gasteiger partial charge in [0.2, 0.25) is 0 Å². The molecule has 8 aromatic rings. The molecule has 0 radical (unpaired) electrons. The largest absolute Gasteiger partial charge is 0.516 e. The van der Waals surface area contributed by atoms with Crippen molar-refractivity contribution in [2.24, 2.45) is 0 Å². The van der Waals surface area contributed by atoms with E-state index in [0.29, 0.717) is 11.5 Å². The van der Waals surface area contributed by atoms with Crippen LogP contribution < -0.4 is 15.0 Å². The third kappa shape index (κ3) is 9.89. The Balaban J connectivity index is 0.00000648. The van der Waals surface area contributed by atoms with E-state index in [4.69, 9.17) is 9.72 Å². The van der Waals surface area contributed by atoms with Gasteiger partial charge in [-0.05, 0) is 116 Å². The van der Waals surface area contributed by atoms with Crippen LogP contribution in [0.15, 0.2) is 134 Å². The molecule has 0 unspecified atom stereocenters. The first-order chi connectivity index (χ1) is 30.8. The second kappa shape index (κ2) is 18.6. The maximum atomic E-state index is 6.68. The van der Waals surface area contributed by atoms with Gasteiger partial charge in [-0.15, -0.1) is 41.4 Å². The summed E-state index contributed by atoms with van der Waals surface area (Å²) in [6, 6.07) is 52.7. The monoisotopic (exact) mass is 1050 g/mol. The predicted molar refractivity (Wildman–Crippen MR) is 276 cm³/mol. The van der Waals surface area contributed by atoms with Gasteiger partial charge in [-0.1, -0.05) is 143 Å². The van der Waals surface area contributed by atoms with Crippen LogP contribution in [-0.4, -0.2) is 9.55 Å². The van der Waals surface area contributed by atoms with Gasteiger partial charge in [-0.3, -0.25) is 7.05 Å². The first kappa shape index (κ1) is 48.3. The minimum absolute atomic E-state index is 0. The van der Waals surface area contributed by atoms with Crippen LogP contribution in [0, 0.1) is 19.2 Å². The number of hydrogen-bond donors (Lipinski definition) is 1. The molecule has 6 heteroatoms. The van der Waals surface area contributed by atoms with Gasteiger partial charge < -0.3 is 19.5 Å². The van der Waals surface area contributed by atoms with Crippen LogP contribution in [0.1, 0.15) is 118 Å². The first-order valence-corrected chi connectivity index (χ1v) is 23.2. The number of benzene rings is 6. The van der Waals surface area contributed by atoms with E-state index in [0.717, 1.165) is 63.2 Å². The maximum absolute atomic E-state index is 6.68. The summed E-state index contributed by atoms with van der Waals surface area (Å²) >= 11 is 0. The topological polar surface area (TPSA) is 42.3 Å². The van der Waals surface area contributed by atoms with Crippen LogP contribution in [0.2, 0.25) is 0 Å². The molecule has 0 aliphatic heterocycles. The fraction of sp³-hybridized carbons (Fsp3) is 0.300. The van der Waals surface area contributed by atoms with Crippen LogP contribution in [-0.2, 0) is 42.7 Å². The number of aromatic nitrogens is 2. The van der Waals surface area contributed by atoms with Crippen LogP contribution >= 0.6 is 0 Å². The van der Waals surface area contributed by atoms with Crippen molar-refractivity contribution in [1.82, 2.24) is 9.55 Å². The van der Waals surface area contributed by atoms with E-state index in [-0.39, 0.29) is 42.7 Å². The number of ether oxygens (including phenoxy) is 1. The molecular weight excluding hydrogens is 988 g/mol. The number of fused-ring (bicyclic) bond motifs is 3. The molecule has 0 atom stereocenters. The van der Waals surface area contributed by atoms with Gasteiger partial charge in [-0.2, -0.15) is 12.1 Å². The molecule has 0 aliphatic rings. The second-order valence-electron chi connectivity index (χ2n) is 21.0. The van der Waals surface area contributed by atoms with Crippen LogP contribution in [0.5, 0.6) is 11.5 Å². The molecule has 1 N–H and O–H groups in total. The molecule has 0 amide bonds. The summed E-state index contributed by atoms with van der Waals surface area (Å²) in [4.78, 5) is 6.89. The van der Waals surface area contributed by atoms with Crippen molar-refractivity contribution < 1.29 is 25.8 Å². The Morgan fingerprint density at radius 2 is 1.27 bits per heavy atom. The molecule has 0 bridgehead atoms. The smallest absolute Gasteiger partial charge is 0.135 e. The third-order valence-corrected chi connectivity index (χ3v) is 13.4. The molecule has 0 spiro atoms. The van der Waals surface area contributed by atoms with Crippen molar-refractivity contribution in [3.05, 3.63) is 175 Å². The summed E-state index contributed by atoms with van der Waals surface area (Å²) in [7, 11) is 4.67. The van der Waals surface area contributed by atoms with E-state index in [1.807, 2.05) is 35.4 Å². The molecule has 8 rings (SSSR count). The second-order valence-corrected chi connectivity index (χ2v) is 21.0. The zero-order chi connectivity index (χ0) is 46.5. The molecule has 344 valence electrons. The maximum Gasteiger partial charge on any atom is 0.135 e. The van der Waals surface area contributed by atoms with Crippen molar-refractivity contribution in [3.63, 3.8) is 0 Å². The summed E-state index contributed by atoms with van der Waals surface area (Å²) < 4.78 is 8.90. The average Bonchev–Trinajstić information content (AvgIpc) is 3.61. The van der Waals surface area contributed by atoms with E-state index in [1.165, 1.54) is 33.4 Å². The normalized spacial score (nSPS) is 12.3. The van der Waals surface area contributed by atoms with Crippen molar-refractivity contribution in [1.29, 1.82) is 0 Å². The van der Waals surface area contributed by atoms with E-state index < -0.39 is 0 Å². The Morgan fingerprint density at radius 1 is 0.606 bits per heavy atom. The SMILES string of the molecule is [CH2-]N(c1[c-]c(Oc2[c-]c3c(cc2)c2cc(C(C)(C)C)ccc2n3-c2cc(C(C)(C)C)ccn2)ccc1)c1cc(C(C)(CC)CC)ccc1Nc1cc(-c2ccccc2)cc(C(C)(C)C)c1.[Pt]. The minimum atomic E-state index is -0.0474. The molecule has 0 fully saturated rings. The van der Waals surface area contributed by atoms with E-state index in [9.17, 15) is 0 Å². The number of nitrogens with zero attached hydrogens (tertiary/aromatic N) is 3. The molecular formula is C60H65N4OPt-3. The average molecular weight is 1050 g/mol. The third-order valence-electron chi connectivity index (χ3n) is 13.4. The van der Waals surface area contributed by atoms with Gasteiger partial charge in [0.15, 0.2) is 0 Å². The number of nitrogens with one attached hydrogen (secondary N) is 1. The molecule has 66 heavy (non-hydrogen) atoms. The molecule has 2 aromatic heterocycles. The van der Waals surface area contributed by atoms with E-state index in [1.54, 1.807) is 0 Å². The summed E-state index contributed by atoms with van der Waals surface area (Å²) in [5.41, 5.74) is 13.0. The number of anilines is 4. The van der Waals surface area contributed by atoms with Crippen molar-refractivity contribution in [3.8, 4) is 28.4 Å². The van der Waals surface area contributed by atoms with Gasteiger partial charge in [0.25, 0.3) is 0 Å². The fourth-order valence-electron chi connectivity index (χ4n) is 8.58. The van der Waals surface area contributed by atoms with Crippen molar-refractivity contribution in [2.75, 3.05) is 10.2 Å². The Hall–Kier alpha value is -5.64. The first-order valence-electron chi connectivity index (χ1n) is 23.2. The van der Waals surface area contributed by atoms with Crippen LogP contribution in [0.4, 0.5) is 22.7 Å². The Morgan fingerprint density at radius 3 is 1.95 bits per heavy atom.